The second-order valence-electron chi connectivity index (χ2n) is 9.70. The summed E-state index contributed by atoms with van der Waals surface area (Å²) in [7, 11) is 1.58. The Bertz CT molecular complexity index is 1300. The highest BCUT2D eigenvalue weighted by molar-refractivity contribution is 9.10. The number of carboxylic acid groups (broad SMARTS) is 1. The molecule has 3 aromatic rings. The molecular weight excluding hydrogens is 511 g/mol. The molecule has 5 nitrogen and oxygen atoms in total. The first-order valence-corrected chi connectivity index (χ1v) is 12.2. The first kappa shape index (κ1) is 24.9. The van der Waals surface area contributed by atoms with E-state index in [0.29, 0.717) is 22.8 Å². The van der Waals surface area contributed by atoms with Crippen molar-refractivity contribution < 1.29 is 19.0 Å². The smallest absolute Gasteiger partial charge is 0.308 e. The van der Waals surface area contributed by atoms with E-state index in [9.17, 15) is 9.90 Å². The molecule has 4 rings (SSSR count). The lowest BCUT2D eigenvalue weighted by Crippen LogP contribution is -2.43. The zero-order valence-corrected chi connectivity index (χ0v) is 21.9. The van der Waals surface area contributed by atoms with Gasteiger partial charge in [-0.2, -0.15) is 0 Å². The summed E-state index contributed by atoms with van der Waals surface area (Å²) in [6.07, 6.45) is 0. The van der Waals surface area contributed by atoms with Gasteiger partial charge in [0.1, 0.15) is 23.1 Å². The number of hydrogen-bond donors (Lipinski definition) is 1. The van der Waals surface area contributed by atoms with Crippen LogP contribution in [-0.4, -0.2) is 24.0 Å². The van der Waals surface area contributed by atoms with Crippen LogP contribution in [0.15, 0.2) is 70.1 Å². The highest BCUT2D eigenvalue weighted by atomic mass is 79.9. The first-order chi connectivity index (χ1) is 16.5. The molecule has 2 unspecified atom stereocenters. The molecule has 0 aromatic heterocycles. The Balaban J connectivity index is 2.08. The number of rotatable bonds is 5. The summed E-state index contributed by atoms with van der Waals surface area (Å²) >= 11 is 3.46. The molecule has 1 aliphatic heterocycles. The summed E-state index contributed by atoms with van der Waals surface area (Å²) in [6, 6.07) is 17.4. The van der Waals surface area contributed by atoms with Gasteiger partial charge in [0.25, 0.3) is 0 Å². The van der Waals surface area contributed by atoms with Gasteiger partial charge in [0.05, 0.1) is 24.8 Å². The predicted molar refractivity (Wildman–Crippen MR) is 140 cm³/mol. The number of hydrogen-bond acceptors (Lipinski definition) is 4. The number of benzene rings is 3. The Morgan fingerprint density at radius 2 is 1.83 bits per heavy atom. The molecule has 0 saturated heterocycles. The van der Waals surface area contributed by atoms with E-state index in [2.05, 4.69) is 36.7 Å². The van der Waals surface area contributed by atoms with Crippen LogP contribution in [0.3, 0.4) is 0 Å². The molecule has 0 bridgehead atoms. The molecule has 7 heteroatoms. The molecule has 1 aliphatic rings. The lowest BCUT2D eigenvalue weighted by atomic mass is 9.85. The Morgan fingerprint density at radius 3 is 2.43 bits per heavy atom. The van der Waals surface area contributed by atoms with E-state index in [4.69, 9.17) is 9.73 Å². The fourth-order valence-electron chi connectivity index (χ4n) is 4.36. The average molecular weight is 539 g/mol. The normalized spacial score (nSPS) is 16.4. The molecule has 0 amide bonds. The summed E-state index contributed by atoms with van der Waals surface area (Å²) in [5.41, 5.74) is 2.97. The fraction of sp³-hybridized carbons (Fsp3) is 0.286. The average Bonchev–Trinajstić information content (AvgIpc) is 2.82. The Kier molecular flexibility index (Phi) is 6.73. The minimum atomic E-state index is -0.988. The van der Waals surface area contributed by atoms with Crippen LogP contribution in [0.4, 0.5) is 15.8 Å². The molecule has 1 N–H and O–H groups in total. The monoisotopic (exact) mass is 538 g/mol. The van der Waals surface area contributed by atoms with Gasteiger partial charge in [0, 0.05) is 15.6 Å². The van der Waals surface area contributed by atoms with E-state index in [1.807, 2.05) is 47.4 Å². The van der Waals surface area contributed by atoms with Crippen molar-refractivity contribution in [3.05, 3.63) is 87.6 Å². The van der Waals surface area contributed by atoms with Gasteiger partial charge in [-0.25, -0.2) is 9.38 Å². The number of carbonyl (C=O) groups is 1. The topological polar surface area (TPSA) is 62.1 Å². The minimum absolute atomic E-state index is 0.158. The number of halogens is 2. The van der Waals surface area contributed by atoms with Crippen molar-refractivity contribution in [2.45, 2.75) is 39.2 Å². The van der Waals surface area contributed by atoms with Crippen molar-refractivity contribution in [3.8, 4) is 5.75 Å². The summed E-state index contributed by atoms with van der Waals surface area (Å²) < 4.78 is 21.7. The molecule has 35 heavy (non-hydrogen) atoms. The third kappa shape index (κ3) is 4.69. The molecular formula is C28H28BrFN2O3. The first-order valence-electron chi connectivity index (χ1n) is 11.4. The van der Waals surface area contributed by atoms with Crippen LogP contribution in [-0.2, 0) is 10.2 Å². The fourth-order valence-corrected chi connectivity index (χ4v) is 4.62. The van der Waals surface area contributed by atoms with Crippen molar-refractivity contribution in [2.75, 3.05) is 12.0 Å². The summed E-state index contributed by atoms with van der Waals surface area (Å²) in [5.74, 6) is -1.32. The number of para-hydroxylation sites is 1. The molecule has 0 fully saturated rings. The van der Waals surface area contributed by atoms with E-state index in [1.165, 1.54) is 6.07 Å². The Labute approximate surface area is 213 Å². The van der Waals surface area contributed by atoms with Crippen molar-refractivity contribution in [3.63, 3.8) is 0 Å². The van der Waals surface area contributed by atoms with Gasteiger partial charge in [0.15, 0.2) is 0 Å². The molecule has 3 aromatic carbocycles. The third-order valence-electron chi connectivity index (χ3n) is 6.33. The predicted octanol–water partition coefficient (Wildman–Crippen LogP) is 7.25. The van der Waals surface area contributed by atoms with Gasteiger partial charge in [-0.05, 0) is 48.2 Å². The van der Waals surface area contributed by atoms with Gasteiger partial charge in [-0.3, -0.25) is 4.79 Å². The van der Waals surface area contributed by atoms with Gasteiger partial charge < -0.3 is 14.7 Å². The second kappa shape index (κ2) is 9.46. The van der Waals surface area contributed by atoms with Crippen LogP contribution >= 0.6 is 15.9 Å². The lowest BCUT2D eigenvalue weighted by molar-refractivity contribution is -0.141. The molecule has 1 heterocycles. The van der Waals surface area contributed by atoms with Gasteiger partial charge in [-0.1, -0.05) is 67.0 Å². The maximum atomic E-state index is 15.1. The van der Waals surface area contributed by atoms with Crippen molar-refractivity contribution in [1.82, 2.24) is 0 Å². The number of amidine groups is 1. The summed E-state index contributed by atoms with van der Waals surface area (Å²) in [5, 5.41) is 10.1. The molecule has 0 aliphatic carbocycles. The van der Waals surface area contributed by atoms with Crippen LogP contribution < -0.4 is 9.64 Å². The van der Waals surface area contributed by atoms with E-state index in [-0.39, 0.29) is 11.1 Å². The van der Waals surface area contributed by atoms with Crippen LogP contribution in [0.1, 0.15) is 50.4 Å². The van der Waals surface area contributed by atoms with Crippen LogP contribution in [0.2, 0.25) is 0 Å². The van der Waals surface area contributed by atoms with Crippen LogP contribution in [0.25, 0.3) is 0 Å². The van der Waals surface area contributed by atoms with E-state index >= 15 is 4.39 Å². The highest BCUT2D eigenvalue weighted by Crippen LogP contribution is 2.47. The molecule has 0 radical (unpaired) electrons. The second-order valence-corrected chi connectivity index (χ2v) is 10.6. The third-order valence-corrected chi connectivity index (χ3v) is 6.86. The molecule has 182 valence electrons. The Hall–Kier alpha value is -3.19. The number of aliphatic carboxylic acids is 1. The van der Waals surface area contributed by atoms with Gasteiger partial charge >= 0.3 is 5.97 Å². The van der Waals surface area contributed by atoms with E-state index in [1.54, 1.807) is 26.2 Å². The number of anilines is 1. The highest BCUT2D eigenvalue weighted by Gasteiger charge is 2.40. The summed E-state index contributed by atoms with van der Waals surface area (Å²) in [4.78, 5) is 19.0. The molecule has 0 spiro atoms. The number of methoxy groups -OCH3 is 1. The molecule has 0 saturated carbocycles. The maximum absolute atomic E-state index is 15.1. The standard InChI is InChI=1S/C28H28BrFN2O3/c1-16(27(33)34)25-20-7-6-8-21(30)24(20)31-26(17-9-12-19(29)13-10-17)32(25)22-15-18(28(2,3)4)11-14-23(22)35-5/h6-16,25H,1-5H3,(H,33,34). The van der Waals surface area contributed by atoms with Gasteiger partial charge in [0.2, 0.25) is 0 Å². The van der Waals surface area contributed by atoms with E-state index < -0.39 is 23.7 Å². The van der Waals surface area contributed by atoms with E-state index in [0.717, 1.165) is 15.6 Å². The van der Waals surface area contributed by atoms with Crippen molar-refractivity contribution in [1.29, 1.82) is 0 Å². The van der Waals surface area contributed by atoms with Crippen molar-refractivity contribution in [2.24, 2.45) is 10.9 Å². The number of aliphatic imine (C=N–C) groups is 1. The SMILES string of the molecule is COc1ccc(C(C)(C)C)cc1N1C(c2ccc(Br)cc2)=Nc2c(F)cccc2C1C(C)C(=O)O. The Morgan fingerprint density at radius 1 is 1.14 bits per heavy atom. The van der Waals surface area contributed by atoms with Gasteiger partial charge in [-0.15, -0.1) is 0 Å². The number of fused-ring (bicyclic) bond motifs is 1. The number of carboxylic acids is 1. The van der Waals surface area contributed by atoms with Crippen LogP contribution in [0, 0.1) is 11.7 Å². The summed E-state index contributed by atoms with van der Waals surface area (Å²) in [6.45, 7) is 7.97. The minimum Gasteiger partial charge on any atom is -0.495 e. The number of ether oxygens (including phenoxy) is 1. The number of nitrogens with zero attached hydrogens (tertiary/aromatic N) is 2. The quantitative estimate of drug-likeness (QED) is 0.371. The zero-order valence-electron chi connectivity index (χ0n) is 20.3. The molecule has 2 atom stereocenters. The largest absolute Gasteiger partial charge is 0.495 e. The lowest BCUT2D eigenvalue weighted by Gasteiger charge is -2.41. The van der Waals surface area contributed by atoms with Crippen LogP contribution in [0.5, 0.6) is 5.75 Å². The van der Waals surface area contributed by atoms with Crippen molar-refractivity contribution >= 4 is 39.1 Å². The zero-order chi connectivity index (χ0) is 25.5. The maximum Gasteiger partial charge on any atom is 0.308 e.